The Balaban J connectivity index is 1.79. The smallest absolute Gasteiger partial charge is 0.119 e. The van der Waals surface area contributed by atoms with Crippen LogP contribution in [0.4, 0.5) is 5.69 Å². The summed E-state index contributed by atoms with van der Waals surface area (Å²) in [5, 5.41) is 14.1. The highest BCUT2D eigenvalue weighted by Crippen LogP contribution is 2.24. The van der Waals surface area contributed by atoms with Crippen LogP contribution in [0.3, 0.4) is 0 Å². The summed E-state index contributed by atoms with van der Waals surface area (Å²) in [5.41, 5.74) is 0.637. The maximum Gasteiger partial charge on any atom is 0.119 e. The number of hydrogen-bond acceptors (Lipinski definition) is 4. The van der Waals surface area contributed by atoms with E-state index in [-0.39, 0.29) is 0 Å². The highest BCUT2D eigenvalue weighted by molar-refractivity contribution is 5.49. The average Bonchev–Trinajstić information content (AvgIpc) is 2.60. The predicted molar refractivity (Wildman–Crippen MR) is 96.3 cm³/mol. The molecule has 4 nitrogen and oxygen atoms in total. The SMILES string of the molecule is CCC(C)C(C)(O)CNC1CCN(c2ccc(OC)cc2)CC1. The van der Waals surface area contributed by atoms with Crippen molar-refractivity contribution < 1.29 is 9.84 Å². The van der Waals surface area contributed by atoms with Gasteiger partial charge in [-0.25, -0.2) is 0 Å². The minimum Gasteiger partial charge on any atom is -0.497 e. The van der Waals surface area contributed by atoms with E-state index >= 15 is 0 Å². The Morgan fingerprint density at radius 1 is 1.30 bits per heavy atom. The van der Waals surface area contributed by atoms with E-state index in [0.717, 1.165) is 38.1 Å². The summed E-state index contributed by atoms with van der Waals surface area (Å²) in [5.74, 6) is 1.21. The van der Waals surface area contributed by atoms with Crippen LogP contribution in [0.5, 0.6) is 5.75 Å². The van der Waals surface area contributed by atoms with Crippen molar-refractivity contribution in [3.05, 3.63) is 24.3 Å². The van der Waals surface area contributed by atoms with E-state index in [4.69, 9.17) is 4.74 Å². The molecule has 0 radical (unpaired) electrons. The summed E-state index contributed by atoms with van der Waals surface area (Å²) >= 11 is 0. The number of anilines is 1. The molecule has 23 heavy (non-hydrogen) atoms. The molecule has 0 aliphatic carbocycles. The first-order valence-electron chi connectivity index (χ1n) is 8.81. The largest absolute Gasteiger partial charge is 0.497 e. The first-order valence-corrected chi connectivity index (χ1v) is 8.81. The fourth-order valence-corrected chi connectivity index (χ4v) is 3.10. The minimum atomic E-state index is -0.623. The molecular weight excluding hydrogens is 288 g/mol. The van der Waals surface area contributed by atoms with Gasteiger partial charge in [0.25, 0.3) is 0 Å². The third kappa shape index (κ3) is 4.85. The van der Waals surface area contributed by atoms with Crippen molar-refractivity contribution in [2.45, 2.75) is 51.7 Å². The van der Waals surface area contributed by atoms with Crippen molar-refractivity contribution in [1.82, 2.24) is 5.32 Å². The monoisotopic (exact) mass is 320 g/mol. The minimum absolute atomic E-state index is 0.314. The predicted octanol–water partition coefficient (Wildman–Crippen LogP) is 3.05. The molecule has 1 aliphatic rings. The number of nitrogens with zero attached hydrogens (tertiary/aromatic N) is 1. The second kappa shape index (κ2) is 8.02. The summed E-state index contributed by atoms with van der Waals surface area (Å²) < 4.78 is 5.21. The number of nitrogens with one attached hydrogen (secondary N) is 1. The number of rotatable bonds is 7. The van der Waals surface area contributed by atoms with Crippen LogP contribution in [0.25, 0.3) is 0 Å². The van der Waals surface area contributed by atoms with Crippen molar-refractivity contribution in [2.75, 3.05) is 31.6 Å². The summed E-state index contributed by atoms with van der Waals surface area (Å²) in [6.07, 6.45) is 3.23. The topological polar surface area (TPSA) is 44.7 Å². The van der Waals surface area contributed by atoms with E-state index in [1.165, 1.54) is 5.69 Å². The normalized spacial score (nSPS) is 20.1. The van der Waals surface area contributed by atoms with Crippen LogP contribution in [-0.2, 0) is 0 Å². The Kier molecular flexibility index (Phi) is 6.31. The van der Waals surface area contributed by atoms with E-state index < -0.39 is 5.60 Å². The summed E-state index contributed by atoms with van der Waals surface area (Å²) in [4.78, 5) is 2.42. The molecule has 0 amide bonds. The summed E-state index contributed by atoms with van der Waals surface area (Å²) in [6, 6.07) is 8.78. The van der Waals surface area contributed by atoms with Gasteiger partial charge in [-0.05, 0) is 49.9 Å². The Hall–Kier alpha value is -1.26. The van der Waals surface area contributed by atoms with Crippen LogP contribution < -0.4 is 15.0 Å². The molecule has 2 N–H and O–H groups in total. The maximum atomic E-state index is 10.5. The molecule has 1 saturated heterocycles. The van der Waals surface area contributed by atoms with Crippen molar-refractivity contribution in [2.24, 2.45) is 5.92 Å². The highest BCUT2D eigenvalue weighted by atomic mass is 16.5. The average molecular weight is 320 g/mol. The zero-order chi connectivity index (χ0) is 16.9. The van der Waals surface area contributed by atoms with E-state index in [1.54, 1.807) is 7.11 Å². The van der Waals surface area contributed by atoms with Gasteiger partial charge in [0.2, 0.25) is 0 Å². The maximum absolute atomic E-state index is 10.5. The molecule has 0 aromatic heterocycles. The van der Waals surface area contributed by atoms with E-state index in [0.29, 0.717) is 18.5 Å². The summed E-state index contributed by atoms with van der Waals surface area (Å²) in [6.45, 7) is 8.97. The zero-order valence-corrected chi connectivity index (χ0v) is 15.0. The first kappa shape index (κ1) is 18.1. The van der Waals surface area contributed by atoms with Gasteiger partial charge >= 0.3 is 0 Å². The van der Waals surface area contributed by atoms with Gasteiger partial charge in [-0.15, -0.1) is 0 Å². The van der Waals surface area contributed by atoms with Gasteiger partial charge in [0.15, 0.2) is 0 Å². The lowest BCUT2D eigenvalue weighted by molar-refractivity contribution is 0.00268. The number of ether oxygens (including phenoxy) is 1. The lowest BCUT2D eigenvalue weighted by atomic mass is 9.88. The molecule has 1 aromatic rings. The van der Waals surface area contributed by atoms with Gasteiger partial charge in [0.1, 0.15) is 5.75 Å². The number of aliphatic hydroxyl groups is 1. The Labute approximate surface area is 140 Å². The molecule has 1 fully saturated rings. The first-order chi connectivity index (χ1) is 11.0. The molecule has 4 heteroatoms. The van der Waals surface area contributed by atoms with Crippen molar-refractivity contribution >= 4 is 5.69 Å². The van der Waals surface area contributed by atoms with Crippen molar-refractivity contribution in [3.8, 4) is 5.75 Å². The molecular formula is C19H32N2O2. The van der Waals surface area contributed by atoms with Gasteiger partial charge in [-0.3, -0.25) is 0 Å². The van der Waals surface area contributed by atoms with Crippen molar-refractivity contribution in [1.29, 1.82) is 0 Å². The van der Waals surface area contributed by atoms with E-state index in [2.05, 4.69) is 36.2 Å². The lowest BCUT2D eigenvalue weighted by Crippen LogP contribution is -2.49. The van der Waals surface area contributed by atoms with Gasteiger partial charge in [-0.2, -0.15) is 0 Å². The van der Waals surface area contributed by atoms with Gasteiger partial charge < -0.3 is 20.1 Å². The molecule has 0 bridgehead atoms. The molecule has 0 spiro atoms. The molecule has 0 saturated carbocycles. The van der Waals surface area contributed by atoms with Crippen LogP contribution in [0.2, 0.25) is 0 Å². The molecule has 1 heterocycles. The van der Waals surface area contributed by atoms with Crippen LogP contribution in [0.15, 0.2) is 24.3 Å². The molecule has 130 valence electrons. The fraction of sp³-hybridized carbons (Fsp3) is 0.684. The van der Waals surface area contributed by atoms with Crippen LogP contribution >= 0.6 is 0 Å². The quantitative estimate of drug-likeness (QED) is 0.810. The van der Waals surface area contributed by atoms with Gasteiger partial charge in [0.05, 0.1) is 12.7 Å². The fourth-order valence-electron chi connectivity index (χ4n) is 3.10. The van der Waals surface area contributed by atoms with E-state index in [1.807, 2.05) is 19.1 Å². The van der Waals surface area contributed by atoms with Crippen molar-refractivity contribution in [3.63, 3.8) is 0 Å². The Morgan fingerprint density at radius 3 is 2.43 bits per heavy atom. The molecule has 1 aromatic carbocycles. The molecule has 2 atom stereocenters. The van der Waals surface area contributed by atoms with E-state index in [9.17, 15) is 5.11 Å². The lowest BCUT2D eigenvalue weighted by Gasteiger charge is -2.37. The van der Waals surface area contributed by atoms with Crippen LogP contribution in [0, 0.1) is 5.92 Å². The van der Waals surface area contributed by atoms with Crippen LogP contribution in [-0.4, -0.2) is 43.5 Å². The Morgan fingerprint density at radius 2 is 1.91 bits per heavy atom. The third-order valence-corrected chi connectivity index (χ3v) is 5.36. The molecule has 2 unspecified atom stereocenters. The molecule has 2 rings (SSSR count). The second-order valence-electron chi connectivity index (χ2n) is 7.01. The number of piperidine rings is 1. The van der Waals surface area contributed by atoms with Crippen LogP contribution in [0.1, 0.15) is 40.0 Å². The number of methoxy groups -OCH3 is 1. The van der Waals surface area contributed by atoms with Gasteiger partial charge in [0, 0.05) is 31.4 Å². The number of benzene rings is 1. The zero-order valence-electron chi connectivity index (χ0n) is 15.0. The second-order valence-corrected chi connectivity index (χ2v) is 7.01. The highest BCUT2D eigenvalue weighted by Gasteiger charge is 2.28. The standard InChI is InChI=1S/C19H32N2O2/c1-5-15(2)19(3,22)14-20-16-10-12-21(13-11-16)17-6-8-18(23-4)9-7-17/h6-9,15-16,20,22H,5,10-14H2,1-4H3. The molecule has 1 aliphatic heterocycles. The Bertz CT molecular complexity index is 465. The number of hydrogen-bond donors (Lipinski definition) is 2. The van der Waals surface area contributed by atoms with Gasteiger partial charge in [-0.1, -0.05) is 20.3 Å². The third-order valence-electron chi connectivity index (χ3n) is 5.36. The summed E-state index contributed by atoms with van der Waals surface area (Å²) in [7, 11) is 1.69.